The molecule has 0 N–H and O–H groups in total. The first-order valence-electron chi connectivity index (χ1n) is 4.56. The predicted molar refractivity (Wildman–Crippen MR) is 51.2 cm³/mol. The van der Waals surface area contributed by atoms with Gasteiger partial charge in [-0.25, -0.2) is 4.39 Å². The third kappa shape index (κ3) is 3.60. The highest BCUT2D eigenvalue weighted by molar-refractivity contribution is 7.87. The summed E-state index contributed by atoms with van der Waals surface area (Å²) in [5, 5.41) is 0. The number of hydrogen-bond acceptors (Lipinski definition) is 3. The number of rotatable bonds is 4. The molecule has 0 spiro atoms. The van der Waals surface area contributed by atoms with Crippen LogP contribution in [0.2, 0.25) is 0 Å². The van der Waals surface area contributed by atoms with Gasteiger partial charge in [0.1, 0.15) is 12.4 Å². The van der Waals surface area contributed by atoms with Crippen LogP contribution in [0.3, 0.4) is 0 Å². The van der Waals surface area contributed by atoms with Gasteiger partial charge >= 0.3 is 15.6 Å². The van der Waals surface area contributed by atoms with Crippen LogP contribution >= 0.6 is 0 Å². The van der Waals surface area contributed by atoms with Gasteiger partial charge < -0.3 is 0 Å². The number of alkyl halides is 5. The Balaban J connectivity index is 2.92. The Bertz CT molecular complexity index is 551. The van der Waals surface area contributed by atoms with Crippen LogP contribution in [0.25, 0.3) is 0 Å². The molecule has 0 aliphatic heterocycles. The molecule has 0 amide bonds. The lowest BCUT2D eigenvalue weighted by Crippen LogP contribution is -2.31. The van der Waals surface area contributed by atoms with Crippen LogP contribution in [0.4, 0.5) is 26.3 Å². The normalized spacial score (nSPS) is 13.6. The molecule has 1 aromatic carbocycles. The molecule has 0 aromatic heterocycles. The van der Waals surface area contributed by atoms with Crippen molar-refractivity contribution in [2.75, 3.05) is 6.61 Å². The highest BCUT2D eigenvalue weighted by Gasteiger charge is 2.49. The molecule has 0 aliphatic rings. The van der Waals surface area contributed by atoms with Gasteiger partial charge in [0.25, 0.3) is 5.92 Å². The molecule has 1 rings (SSSR count). The smallest absolute Gasteiger partial charge is 0.256 e. The largest absolute Gasteiger partial charge is 0.523 e. The van der Waals surface area contributed by atoms with E-state index in [4.69, 9.17) is 0 Å². The maximum atomic E-state index is 13.3. The van der Waals surface area contributed by atoms with Gasteiger partial charge in [0.2, 0.25) is 0 Å². The van der Waals surface area contributed by atoms with Gasteiger partial charge in [0.15, 0.2) is 0 Å². The van der Waals surface area contributed by atoms with Crippen molar-refractivity contribution in [1.82, 2.24) is 0 Å². The molecule has 0 saturated carbocycles. The van der Waals surface area contributed by atoms with Gasteiger partial charge in [0.05, 0.1) is 5.56 Å². The van der Waals surface area contributed by atoms with Crippen LogP contribution in [-0.4, -0.2) is 20.5 Å². The monoisotopic (exact) mass is 308 g/mol. The summed E-state index contributed by atoms with van der Waals surface area (Å²) >= 11 is 0. The topological polar surface area (TPSA) is 43.4 Å². The van der Waals surface area contributed by atoms with Crippen LogP contribution in [0, 0.1) is 5.82 Å². The van der Waals surface area contributed by atoms with Crippen LogP contribution in [-0.2, 0) is 20.2 Å². The van der Waals surface area contributed by atoms with E-state index in [9.17, 15) is 34.8 Å². The van der Waals surface area contributed by atoms with Crippen LogP contribution in [0.1, 0.15) is 5.56 Å². The third-order valence-electron chi connectivity index (χ3n) is 1.95. The second-order valence-electron chi connectivity index (χ2n) is 3.35. The van der Waals surface area contributed by atoms with E-state index in [1.807, 2.05) is 0 Å². The van der Waals surface area contributed by atoms with E-state index in [2.05, 4.69) is 4.18 Å². The summed E-state index contributed by atoms with van der Waals surface area (Å²) in [7, 11) is -6.15. The van der Waals surface area contributed by atoms with E-state index < -0.39 is 39.5 Å². The van der Waals surface area contributed by atoms with Crippen molar-refractivity contribution in [3.8, 4) is 0 Å². The van der Waals surface area contributed by atoms with Crippen molar-refractivity contribution < 1.29 is 38.9 Å². The molecule has 0 unspecified atom stereocenters. The zero-order chi connectivity index (χ0) is 14.9. The lowest BCUT2D eigenvalue weighted by atomic mass is 10.1. The molecule has 0 fully saturated rings. The molecule has 0 atom stereocenters. The lowest BCUT2D eigenvalue weighted by Gasteiger charge is -2.17. The van der Waals surface area contributed by atoms with Crippen molar-refractivity contribution in [3.05, 3.63) is 35.6 Å². The Hall–Kier alpha value is -1.29. The summed E-state index contributed by atoms with van der Waals surface area (Å²) < 4.78 is 99.4. The Morgan fingerprint density at radius 3 is 2.05 bits per heavy atom. The second kappa shape index (κ2) is 5.00. The van der Waals surface area contributed by atoms with Gasteiger partial charge in [0, 0.05) is 0 Å². The fraction of sp³-hybridized carbons (Fsp3) is 0.333. The minimum Gasteiger partial charge on any atom is -0.256 e. The molecule has 19 heavy (non-hydrogen) atoms. The molecule has 0 heterocycles. The van der Waals surface area contributed by atoms with Gasteiger partial charge in [-0.3, -0.25) is 4.18 Å². The van der Waals surface area contributed by atoms with Gasteiger partial charge in [-0.05, 0) is 12.1 Å². The van der Waals surface area contributed by atoms with Crippen LogP contribution in [0.5, 0.6) is 0 Å². The first kappa shape index (κ1) is 15.8. The molecule has 0 radical (unpaired) electrons. The van der Waals surface area contributed by atoms with E-state index in [1.165, 1.54) is 0 Å². The molecule has 108 valence electrons. The highest BCUT2D eigenvalue weighted by atomic mass is 32.2. The average molecular weight is 308 g/mol. The van der Waals surface area contributed by atoms with E-state index in [1.54, 1.807) is 0 Å². The molecular formula is C9H6F6O3S. The summed E-state index contributed by atoms with van der Waals surface area (Å²) in [5.41, 5.74) is -7.08. The summed E-state index contributed by atoms with van der Waals surface area (Å²) in [6.45, 7) is -2.14. The van der Waals surface area contributed by atoms with E-state index in [0.29, 0.717) is 12.1 Å². The second-order valence-corrected chi connectivity index (χ2v) is 4.95. The van der Waals surface area contributed by atoms with Crippen molar-refractivity contribution in [2.24, 2.45) is 0 Å². The van der Waals surface area contributed by atoms with Gasteiger partial charge in [-0.2, -0.15) is 30.4 Å². The average Bonchev–Trinajstić information content (AvgIpc) is 2.25. The SMILES string of the molecule is O=S(=O)(OCC(F)(F)c1ccccc1F)C(F)(F)F. The van der Waals surface area contributed by atoms with Crippen molar-refractivity contribution >= 4 is 10.1 Å². The Labute approximate surface area is 103 Å². The minimum absolute atomic E-state index is 0.610. The van der Waals surface area contributed by atoms with Gasteiger partial charge in [-0.15, -0.1) is 0 Å². The number of benzene rings is 1. The number of halogens is 6. The molecule has 10 heteroatoms. The van der Waals surface area contributed by atoms with Crippen molar-refractivity contribution in [1.29, 1.82) is 0 Å². The number of hydrogen-bond donors (Lipinski definition) is 0. The molecule has 3 nitrogen and oxygen atoms in total. The lowest BCUT2D eigenvalue weighted by molar-refractivity contribution is -0.0757. The first-order valence-corrected chi connectivity index (χ1v) is 5.97. The molecular weight excluding hydrogens is 302 g/mol. The Kier molecular flexibility index (Phi) is 4.15. The van der Waals surface area contributed by atoms with Gasteiger partial charge in [-0.1, -0.05) is 12.1 Å². The van der Waals surface area contributed by atoms with Crippen molar-refractivity contribution in [3.63, 3.8) is 0 Å². The maximum absolute atomic E-state index is 13.3. The summed E-state index contributed by atoms with van der Waals surface area (Å²) in [6, 6.07) is 3.37. The van der Waals surface area contributed by atoms with Crippen LogP contribution in [0.15, 0.2) is 24.3 Å². The standard InChI is InChI=1S/C9H6F6O3S/c10-7-4-2-1-3-6(7)8(11,12)5-18-19(16,17)9(13,14)15/h1-4H,5H2. The van der Waals surface area contributed by atoms with Crippen molar-refractivity contribution in [2.45, 2.75) is 11.4 Å². The zero-order valence-corrected chi connectivity index (χ0v) is 9.73. The Morgan fingerprint density at radius 1 is 1.05 bits per heavy atom. The fourth-order valence-electron chi connectivity index (χ4n) is 1.05. The minimum atomic E-state index is -6.15. The summed E-state index contributed by atoms with van der Waals surface area (Å²) in [6.07, 6.45) is 0. The predicted octanol–water partition coefficient (Wildman–Crippen LogP) is 2.78. The molecule has 0 bridgehead atoms. The third-order valence-corrected chi connectivity index (χ3v) is 2.94. The van der Waals surface area contributed by atoms with E-state index in [0.717, 1.165) is 12.1 Å². The maximum Gasteiger partial charge on any atom is 0.523 e. The Morgan fingerprint density at radius 2 is 1.58 bits per heavy atom. The molecule has 0 aliphatic carbocycles. The zero-order valence-electron chi connectivity index (χ0n) is 8.92. The summed E-state index contributed by atoms with van der Waals surface area (Å²) in [4.78, 5) is 0. The fourth-order valence-corrected chi connectivity index (χ4v) is 1.49. The van der Waals surface area contributed by atoms with Crippen LogP contribution < -0.4 is 0 Å². The molecule has 0 saturated heterocycles. The summed E-state index contributed by atoms with van der Waals surface area (Å²) in [5.74, 6) is -5.61. The molecule has 1 aromatic rings. The van der Waals surface area contributed by atoms with E-state index >= 15 is 0 Å². The van der Waals surface area contributed by atoms with E-state index in [-0.39, 0.29) is 0 Å². The highest BCUT2D eigenvalue weighted by Crippen LogP contribution is 2.33. The quantitative estimate of drug-likeness (QED) is 0.488. The first-order chi connectivity index (χ1) is 8.47.